The summed E-state index contributed by atoms with van der Waals surface area (Å²) in [4.78, 5) is 14.5. The zero-order chi connectivity index (χ0) is 13.4. The molecular weight excluding hydrogens is 346 g/mol. The third kappa shape index (κ3) is 2.46. The fraction of sp³-hybridized carbons (Fsp3) is 0.417. The van der Waals surface area contributed by atoms with Gasteiger partial charge in [0.15, 0.2) is 5.65 Å². The maximum atomic E-state index is 11.8. The number of aromatic amines is 1. The fourth-order valence-corrected chi connectivity index (χ4v) is 2.98. The van der Waals surface area contributed by atoms with E-state index in [0.29, 0.717) is 21.7 Å². The fourth-order valence-electron chi connectivity index (χ4n) is 2.55. The Morgan fingerprint density at radius 3 is 2.80 bits per heavy atom. The predicted octanol–water partition coefficient (Wildman–Crippen LogP) is 1.55. The van der Waals surface area contributed by atoms with E-state index in [9.17, 15) is 4.79 Å². The molecule has 106 valence electrons. The number of fused-ring (bicyclic) bond motifs is 1. The Morgan fingerprint density at radius 1 is 1.45 bits per heavy atom. The number of nitrogens with one attached hydrogen (secondary N) is 2. The summed E-state index contributed by atoms with van der Waals surface area (Å²) in [7, 11) is 0. The van der Waals surface area contributed by atoms with Crippen molar-refractivity contribution in [3.8, 4) is 6.07 Å². The first-order valence-electron chi connectivity index (χ1n) is 6.13. The number of halogens is 2. The lowest BCUT2D eigenvalue weighted by Gasteiger charge is -2.22. The molecule has 2 aromatic rings. The van der Waals surface area contributed by atoms with Crippen LogP contribution in [0.15, 0.2) is 15.5 Å². The van der Waals surface area contributed by atoms with Gasteiger partial charge >= 0.3 is 0 Å². The number of nitriles is 1. The SMILES string of the molecule is Cl.N#Cc1c(Br)nn2c(C3CCNCC3)cc(=O)[nH]c12. The van der Waals surface area contributed by atoms with E-state index in [-0.39, 0.29) is 18.0 Å². The molecule has 1 saturated heterocycles. The maximum Gasteiger partial charge on any atom is 0.251 e. The minimum absolute atomic E-state index is 0. The van der Waals surface area contributed by atoms with Crippen LogP contribution in [0.4, 0.5) is 0 Å². The zero-order valence-corrected chi connectivity index (χ0v) is 12.9. The molecule has 2 N–H and O–H groups in total. The quantitative estimate of drug-likeness (QED) is 0.810. The number of nitrogens with zero attached hydrogens (tertiary/aromatic N) is 3. The van der Waals surface area contributed by atoms with Gasteiger partial charge in [0.25, 0.3) is 5.56 Å². The van der Waals surface area contributed by atoms with E-state index in [1.807, 2.05) is 0 Å². The van der Waals surface area contributed by atoms with Crippen molar-refractivity contribution in [1.29, 1.82) is 5.26 Å². The number of aromatic nitrogens is 3. The van der Waals surface area contributed by atoms with Crippen molar-refractivity contribution in [2.24, 2.45) is 0 Å². The Kier molecular flexibility index (Phi) is 4.48. The van der Waals surface area contributed by atoms with Crippen molar-refractivity contribution in [3.05, 3.63) is 32.3 Å². The van der Waals surface area contributed by atoms with Crippen LogP contribution in [0, 0.1) is 11.3 Å². The van der Waals surface area contributed by atoms with Gasteiger partial charge in [0.1, 0.15) is 16.2 Å². The molecule has 0 spiro atoms. The molecule has 0 atom stereocenters. The normalized spacial score (nSPS) is 15.8. The summed E-state index contributed by atoms with van der Waals surface area (Å²) in [6, 6.07) is 3.65. The van der Waals surface area contributed by atoms with Gasteiger partial charge in [0.05, 0.1) is 5.69 Å². The third-order valence-corrected chi connectivity index (χ3v) is 4.03. The maximum absolute atomic E-state index is 11.8. The molecule has 20 heavy (non-hydrogen) atoms. The molecule has 0 unspecified atom stereocenters. The molecule has 0 aliphatic carbocycles. The minimum Gasteiger partial charge on any atom is -0.317 e. The summed E-state index contributed by atoms with van der Waals surface area (Å²) >= 11 is 3.26. The van der Waals surface area contributed by atoms with Gasteiger partial charge in [-0.15, -0.1) is 12.4 Å². The molecule has 2 aromatic heterocycles. The molecule has 1 aliphatic heterocycles. The van der Waals surface area contributed by atoms with E-state index >= 15 is 0 Å². The number of rotatable bonds is 1. The largest absolute Gasteiger partial charge is 0.317 e. The molecule has 1 aliphatic rings. The summed E-state index contributed by atoms with van der Waals surface area (Å²) in [5.74, 6) is 0.296. The molecular formula is C12H13BrClN5O. The highest BCUT2D eigenvalue weighted by molar-refractivity contribution is 9.10. The van der Waals surface area contributed by atoms with Crippen molar-refractivity contribution < 1.29 is 0 Å². The zero-order valence-electron chi connectivity index (χ0n) is 10.5. The summed E-state index contributed by atoms with van der Waals surface area (Å²) in [6.45, 7) is 1.87. The van der Waals surface area contributed by atoms with E-state index < -0.39 is 0 Å². The van der Waals surface area contributed by atoms with Crippen LogP contribution in [0.3, 0.4) is 0 Å². The predicted molar refractivity (Wildman–Crippen MR) is 80.3 cm³/mol. The second kappa shape index (κ2) is 5.95. The highest BCUT2D eigenvalue weighted by atomic mass is 79.9. The number of hydrogen-bond donors (Lipinski definition) is 2. The lowest BCUT2D eigenvalue weighted by atomic mass is 9.94. The van der Waals surface area contributed by atoms with Crippen LogP contribution in [0.1, 0.15) is 30.0 Å². The molecule has 3 rings (SSSR count). The van der Waals surface area contributed by atoms with Gasteiger partial charge in [0, 0.05) is 12.0 Å². The van der Waals surface area contributed by atoms with Crippen LogP contribution in [0.25, 0.3) is 5.65 Å². The van der Waals surface area contributed by atoms with Gasteiger partial charge in [-0.3, -0.25) is 4.79 Å². The molecule has 0 saturated carbocycles. The third-order valence-electron chi connectivity index (χ3n) is 3.48. The summed E-state index contributed by atoms with van der Waals surface area (Å²) in [5, 5.41) is 16.8. The Labute approximate surface area is 129 Å². The van der Waals surface area contributed by atoms with Crippen LogP contribution in [0.2, 0.25) is 0 Å². The van der Waals surface area contributed by atoms with Gasteiger partial charge in [-0.2, -0.15) is 10.4 Å². The molecule has 0 amide bonds. The summed E-state index contributed by atoms with van der Waals surface area (Å²) < 4.78 is 2.15. The Hall–Kier alpha value is -1.36. The lowest BCUT2D eigenvalue weighted by Crippen LogP contribution is -2.28. The average molecular weight is 359 g/mol. The minimum atomic E-state index is -0.190. The van der Waals surface area contributed by atoms with Gasteiger partial charge in [-0.25, -0.2) is 4.52 Å². The molecule has 0 bridgehead atoms. The first-order valence-corrected chi connectivity index (χ1v) is 6.92. The van der Waals surface area contributed by atoms with Gasteiger partial charge in [0.2, 0.25) is 0 Å². The van der Waals surface area contributed by atoms with E-state index in [4.69, 9.17) is 5.26 Å². The van der Waals surface area contributed by atoms with E-state index in [0.717, 1.165) is 31.6 Å². The highest BCUT2D eigenvalue weighted by Crippen LogP contribution is 2.26. The van der Waals surface area contributed by atoms with Crippen LogP contribution in [-0.4, -0.2) is 27.7 Å². The Morgan fingerprint density at radius 2 is 2.15 bits per heavy atom. The van der Waals surface area contributed by atoms with Crippen LogP contribution in [-0.2, 0) is 0 Å². The van der Waals surface area contributed by atoms with Crippen molar-refractivity contribution in [2.75, 3.05) is 13.1 Å². The number of hydrogen-bond acceptors (Lipinski definition) is 4. The summed E-state index contributed by atoms with van der Waals surface area (Å²) in [6.07, 6.45) is 1.94. The molecule has 0 radical (unpaired) electrons. The Balaban J connectivity index is 0.00000147. The number of H-pyrrole nitrogens is 1. The summed E-state index contributed by atoms with van der Waals surface area (Å²) in [5.41, 5.74) is 1.52. The van der Waals surface area contributed by atoms with Crippen LogP contribution < -0.4 is 10.9 Å². The average Bonchev–Trinajstić information content (AvgIpc) is 2.74. The van der Waals surface area contributed by atoms with Crippen molar-refractivity contribution in [1.82, 2.24) is 19.9 Å². The van der Waals surface area contributed by atoms with Gasteiger partial charge in [-0.1, -0.05) is 0 Å². The molecule has 6 nitrogen and oxygen atoms in total. The smallest absolute Gasteiger partial charge is 0.251 e. The second-order valence-corrected chi connectivity index (χ2v) is 5.37. The molecule has 1 fully saturated rings. The monoisotopic (exact) mass is 357 g/mol. The van der Waals surface area contributed by atoms with Crippen LogP contribution >= 0.6 is 28.3 Å². The first kappa shape index (κ1) is 15.0. The molecule has 0 aromatic carbocycles. The van der Waals surface area contributed by atoms with Crippen molar-refractivity contribution in [2.45, 2.75) is 18.8 Å². The highest BCUT2D eigenvalue weighted by Gasteiger charge is 2.21. The number of piperidine rings is 1. The van der Waals surface area contributed by atoms with E-state index in [1.54, 1.807) is 10.6 Å². The second-order valence-electron chi connectivity index (χ2n) is 4.62. The first-order chi connectivity index (χ1) is 9.20. The van der Waals surface area contributed by atoms with E-state index in [1.165, 1.54) is 0 Å². The standard InChI is InChI=1S/C12H12BrN5O.ClH/c13-11-8(6-14)12-16-10(19)5-9(18(12)17-11)7-1-3-15-4-2-7;/h5,7,15H,1-4H2,(H,16,19);1H. The van der Waals surface area contributed by atoms with E-state index in [2.05, 4.69) is 37.4 Å². The Bertz CT molecular complexity index is 726. The van der Waals surface area contributed by atoms with Crippen molar-refractivity contribution in [3.63, 3.8) is 0 Å². The molecule has 3 heterocycles. The van der Waals surface area contributed by atoms with Gasteiger partial charge < -0.3 is 10.3 Å². The van der Waals surface area contributed by atoms with Gasteiger partial charge in [-0.05, 0) is 41.9 Å². The topological polar surface area (TPSA) is 86.0 Å². The molecule has 8 heteroatoms. The van der Waals surface area contributed by atoms with Crippen molar-refractivity contribution >= 4 is 34.0 Å². The van der Waals surface area contributed by atoms with Crippen LogP contribution in [0.5, 0.6) is 0 Å². The lowest BCUT2D eigenvalue weighted by molar-refractivity contribution is 0.446.